The topological polar surface area (TPSA) is 38.4 Å². The molecule has 0 spiro atoms. The molecular weight excluding hydrogens is 160 g/mol. The summed E-state index contributed by atoms with van der Waals surface area (Å²) >= 11 is 0. The Kier molecular flexibility index (Phi) is 4.74. The van der Waals surface area contributed by atoms with Crippen molar-refractivity contribution in [3.63, 3.8) is 0 Å². The average Bonchev–Trinajstić information content (AvgIpc) is 1.97. The number of rotatable bonds is 3. The molecular formula is C11H22N2. The van der Waals surface area contributed by atoms with Gasteiger partial charge in [-0.05, 0) is 24.3 Å². The lowest BCUT2D eigenvalue weighted by molar-refractivity contribution is 0.761. The van der Waals surface area contributed by atoms with Crippen LogP contribution in [0.3, 0.4) is 0 Å². The van der Waals surface area contributed by atoms with Crippen LogP contribution >= 0.6 is 0 Å². The molecule has 0 unspecified atom stereocenters. The van der Waals surface area contributed by atoms with E-state index in [2.05, 4.69) is 32.7 Å². The molecule has 0 radical (unpaired) electrons. The first-order valence-corrected chi connectivity index (χ1v) is 4.85. The summed E-state index contributed by atoms with van der Waals surface area (Å²) in [5, 5.41) is 0. The first-order chi connectivity index (χ1) is 5.91. The van der Waals surface area contributed by atoms with E-state index in [9.17, 15) is 0 Å². The monoisotopic (exact) mass is 182 g/mol. The normalized spacial score (nSPS) is 15.2. The summed E-state index contributed by atoms with van der Waals surface area (Å²) in [5.74, 6) is 0.895. The molecule has 0 aliphatic carbocycles. The van der Waals surface area contributed by atoms with Crippen molar-refractivity contribution in [2.45, 2.75) is 34.6 Å². The smallest absolute Gasteiger partial charge is 0.0421 e. The van der Waals surface area contributed by atoms with Gasteiger partial charge in [-0.3, -0.25) is 4.99 Å². The van der Waals surface area contributed by atoms with Crippen LogP contribution in [0.1, 0.15) is 34.6 Å². The second kappa shape index (κ2) is 5.05. The number of nitrogens with two attached hydrogens (primary N) is 1. The maximum absolute atomic E-state index is 5.85. The Labute approximate surface area is 81.9 Å². The van der Waals surface area contributed by atoms with Crippen molar-refractivity contribution < 1.29 is 0 Å². The highest BCUT2D eigenvalue weighted by Crippen LogP contribution is 2.18. The van der Waals surface area contributed by atoms with Crippen molar-refractivity contribution in [2.75, 3.05) is 7.05 Å². The minimum Gasteiger partial charge on any atom is -0.402 e. The predicted octanol–water partition coefficient (Wildman–Crippen LogP) is 2.60. The Bertz CT molecular complexity index is 218. The Hall–Kier alpha value is -0.790. The number of aliphatic imine (C=N–C) groups is 1. The van der Waals surface area contributed by atoms with Crippen LogP contribution in [-0.2, 0) is 0 Å². The van der Waals surface area contributed by atoms with E-state index in [0.717, 1.165) is 11.4 Å². The summed E-state index contributed by atoms with van der Waals surface area (Å²) in [5.41, 5.74) is 9.08. The van der Waals surface area contributed by atoms with E-state index in [4.69, 9.17) is 5.73 Å². The molecule has 0 aromatic carbocycles. The largest absolute Gasteiger partial charge is 0.402 e. The quantitative estimate of drug-likeness (QED) is 0.669. The van der Waals surface area contributed by atoms with Crippen molar-refractivity contribution in [1.29, 1.82) is 0 Å². The minimum absolute atomic E-state index is 0.445. The zero-order valence-electron chi connectivity index (χ0n) is 9.68. The molecule has 0 atom stereocenters. The predicted molar refractivity (Wildman–Crippen MR) is 59.9 cm³/mol. The third-order valence-corrected chi connectivity index (χ3v) is 2.07. The lowest BCUT2D eigenvalue weighted by Crippen LogP contribution is -2.19. The van der Waals surface area contributed by atoms with E-state index in [0.29, 0.717) is 11.8 Å². The summed E-state index contributed by atoms with van der Waals surface area (Å²) < 4.78 is 0. The Morgan fingerprint density at radius 2 is 1.54 bits per heavy atom. The molecule has 0 amide bonds. The molecule has 0 fully saturated rings. The third-order valence-electron chi connectivity index (χ3n) is 2.07. The van der Waals surface area contributed by atoms with Gasteiger partial charge in [-0.2, -0.15) is 0 Å². The van der Waals surface area contributed by atoms with E-state index >= 15 is 0 Å². The van der Waals surface area contributed by atoms with Crippen molar-refractivity contribution in [3.05, 3.63) is 11.3 Å². The maximum atomic E-state index is 5.85. The van der Waals surface area contributed by atoms with Gasteiger partial charge in [0.05, 0.1) is 0 Å². The summed E-state index contributed by atoms with van der Waals surface area (Å²) in [6.07, 6.45) is 0. The van der Waals surface area contributed by atoms with Gasteiger partial charge in [0, 0.05) is 18.5 Å². The fraction of sp³-hybridized carbons (Fsp3) is 0.727. The van der Waals surface area contributed by atoms with Crippen molar-refractivity contribution in [1.82, 2.24) is 0 Å². The van der Waals surface area contributed by atoms with Gasteiger partial charge in [0.1, 0.15) is 0 Å². The molecule has 2 heteroatoms. The fourth-order valence-corrected chi connectivity index (χ4v) is 1.64. The minimum atomic E-state index is 0.445. The van der Waals surface area contributed by atoms with Crippen LogP contribution in [0.5, 0.6) is 0 Å². The molecule has 0 bridgehead atoms. The van der Waals surface area contributed by atoms with Crippen molar-refractivity contribution >= 4 is 5.71 Å². The van der Waals surface area contributed by atoms with Gasteiger partial charge < -0.3 is 5.73 Å². The zero-order chi connectivity index (χ0) is 10.6. The summed E-state index contributed by atoms with van der Waals surface area (Å²) in [4.78, 5) is 4.31. The van der Waals surface area contributed by atoms with Crippen molar-refractivity contribution in [3.8, 4) is 0 Å². The number of nitrogens with zero attached hydrogens (tertiary/aromatic N) is 1. The highest BCUT2D eigenvalue weighted by molar-refractivity contribution is 6.02. The van der Waals surface area contributed by atoms with Gasteiger partial charge >= 0.3 is 0 Å². The number of hydrogen-bond donors (Lipinski definition) is 1. The van der Waals surface area contributed by atoms with Crippen LogP contribution in [0.4, 0.5) is 0 Å². The van der Waals surface area contributed by atoms with Crippen LogP contribution in [0.15, 0.2) is 16.3 Å². The highest BCUT2D eigenvalue weighted by Gasteiger charge is 2.15. The number of hydrogen-bond acceptors (Lipinski definition) is 2. The molecule has 0 saturated carbocycles. The molecule has 76 valence electrons. The SMILES string of the molecule is CN=C(C(=C(C)N)C(C)C)C(C)C. The summed E-state index contributed by atoms with van der Waals surface area (Å²) in [6, 6.07) is 0. The first kappa shape index (κ1) is 12.2. The average molecular weight is 182 g/mol. The zero-order valence-corrected chi connectivity index (χ0v) is 9.68. The van der Waals surface area contributed by atoms with E-state index in [-0.39, 0.29) is 0 Å². The van der Waals surface area contributed by atoms with Crippen LogP contribution in [0, 0.1) is 11.8 Å². The maximum Gasteiger partial charge on any atom is 0.0421 e. The lowest BCUT2D eigenvalue weighted by Gasteiger charge is -2.18. The van der Waals surface area contributed by atoms with Crippen LogP contribution in [0.2, 0.25) is 0 Å². The molecule has 0 rings (SSSR count). The van der Waals surface area contributed by atoms with E-state index < -0.39 is 0 Å². The van der Waals surface area contributed by atoms with Gasteiger partial charge in [-0.25, -0.2) is 0 Å². The Morgan fingerprint density at radius 3 is 1.62 bits per heavy atom. The molecule has 0 aliphatic rings. The van der Waals surface area contributed by atoms with Crippen LogP contribution in [-0.4, -0.2) is 12.8 Å². The third kappa shape index (κ3) is 3.21. The Morgan fingerprint density at radius 1 is 1.08 bits per heavy atom. The van der Waals surface area contributed by atoms with Gasteiger partial charge in [-0.15, -0.1) is 0 Å². The molecule has 0 aliphatic heterocycles. The first-order valence-electron chi connectivity index (χ1n) is 4.85. The number of allylic oxidation sites excluding steroid dienone is 2. The Balaban J connectivity index is 5.08. The van der Waals surface area contributed by atoms with Crippen molar-refractivity contribution in [2.24, 2.45) is 22.6 Å². The lowest BCUT2D eigenvalue weighted by atomic mass is 9.90. The molecule has 2 nitrogen and oxygen atoms in total. The molecule has 0 aromatic rings. The van der Waals surface area contributed by atoms with Gasteiger partial charge in [0.2, 0.25) is 0 Å². The van der Waals surface area contributed by atoms with Gasteiger partial charge in [0.15, 0.2) is 0 Å². The van der Waals surface area contributed by atoms with Crippen LogP contribution in [0.25, 0.3) is 0 Å². The van der Waals surface area contributed by atoms with E-state index in [1.54, 1.807) is 0 Å². The highest BCUT2D eigenvalue weighted by atomic mass is 14.7. The fourth-order valence-electron chi connectivity index (χ4n) is 1.64. The van der Waals surface area contributed by atoms with Crippen LogP contribution < -0.4 is 5.73 Å². The standard InChI is InChI=1S/C11H22N2/c1-7(2)10(9(5)12)11(13-6)8(3)4/h7-8H,12H2,1-6H3. The van der Waals surface area contributed by atoms with Gasteiger partial charge in [-0.1, -0.05) is 27.7 Å². The van der Waals surface area contributed by atoms with Gasteiger partial charge in [0.25, 0.3) is 0 Å². The second-order valence-electron chi connectivity index (χ2n) is 4.01. The molecule has 0 aromatic heterocycles. The second-order valence-corrected chi connectivity index (χ2v) is 4.01. The van der Waals surface area contributed by atoms with E-state index in [1.165, 1.54) is 5.57 Å². The van der Waals surface area contributed by atoms with E-state index in [1.807, 2.05) is 14.0 Å². The molecule has 2 N–H and O–H groups in total. The summed E-state index contributed by atoms with van der Waals surface area (Å²) in [6.45, 7) is 10.5. The molecule has 13 heavy (non-hydrogen) atoms. The summed E-state index contributed by atoms with van der Waals surface area (Å²) in [7, 11) is 1.83. The molecule has 0 heterocycles. The molecule has 0 saturated heterocycles.